The average Bonchev–Trinajstić information content (AvgIpc) is 2.91. The molecule has 2 N–H and O–H groups in total. The fourth-order valence-electron chi connectivity index (χ4n) is 2.85. The number of rotatable bonds is 3. The highest BCUT2D eigenvalue weighted by Crippen LogP contribution is 2.29. The minimum atomic E-state index is -0.941. The van der Waals surface area contributed by atoms with Crippen molar-refractivity contribution in [3.05, 3.63) is 29.3 Å². The number of anilines is 1. The van der Waals surface area contributed by atoms with Gasteiger partial charge in [-0.05, 0) is 30.2 Å². The van der Waals surface area contributed by atoms with Crippen LogP contribution >= 0.6 is 0 Å². The van der Waals surface area contributed by atoms with E-state index in [9.17, 15) is 9.59 Å². The molecule has 1 atom stereocenters. The molecular formula is C15H18N2O4. The number of carboxylic acids is 1. The summed E-state index contributed by atoms with van der Waals surface area (Å²) >= 11 is 0. The van der Waals surface area contributed by atoms with Crippen molar-refractivity contribution in [2.45, 2.75) is 18.9 Å². The quantitative estimate of drug-likeness (QED) is 0.854. The van der Waals surface area contributed by atoms with E-state index in [1.165, 1.54) is 0 Å². The van der Waals surface area contributed by atoms with Gasteiger partial charge in [-0.25, -0.2) is 4.79 Å². The van der Waals surface area contributed by atoms with Crippen LogP contribution in [0.3, 0.4) is 0 Å². The van der Waals surface area contributed by atoms with Gasteiger partial charge in [0.1, 0.15) is 0 Å². The summed E-state index contributed by atoms with van der Waals surface area (Å²) in [6, 6.07) is 4.93. The highest BCUT2D eigenvalue weighted by molar-refractivity contribution is 5.97. The predicted octanol–water partition coefficient (Wildman–Crippen LogP) is 0.652. The van der Waals surface area contributed by atoms with Gasteiger partial charge in [-0.15, -0.1) is 0 Å². The molecule has 6 nitrogen and oxygen atoms in total. The molecule has 21 heavy (non-hydrogen) atoms. The number of nitrogens with zero attached hydrogens (tertiary/aromatic N) is 1. The molecule has 0 aliphatic carbocycles. The van der Waals surface area contributed by atoms with E-state index in [4.69, 9.17) is 9.84 Å². The van der Waals surface area contributed by atoms with E-state index >= 15 is 0 Å². The van der Waals surface area contributed by atoms with Gasteiger partial charge in [0.05, 0.1) is 24.7 Å². The number of nitrogens with one attached hydrogen (secondary N) is 1. The molecule has 0 spiro atoms. The summed E-state index contributed by atoms with van der Waals surface area (Å²) in [5.74, 6) is -0.908. The van der Waals surface area contributed by atoms with Crippen molar-refractivity contribution >= 4 is 17.6 Å². The number of benzene rings is 1. The molecule has 1 aromatic rings. The molecule has 2 aliphatic rings. The standard InChI is InChI=1S/C15H18N2O4/c18-14(8-12-9-16-4-6-21-12)17-5-3-10-7-11(15(19)20)1-2-13(10)17/h1-2,7,12,16H,3-6,8-9H2,(H,19,20). The van der Waals surface area contributed by atoms with Crippen LogP contribution in [-0.2, 0) is 16.0 Å². The zero-order valence-corrected chi connectivity index (χ0v) is 11.7. The van der Waals surface area contributed by atoms with Gasteiger partial charge in [0.2, 0.25) is 5.91 Å². The maximum Gasteiger partial charge on any atom is 0.335 e. The van der Waals surface area contributed by atoms with E-state index in [2.05, 4.69) is 5.32 Å². The number of ether oxygens (including phenoxy) is 1. The molecular weight excluding hydrogens is 272 g/mol. The van der Waals surface area contributed by atoms with Crippen molar-refractivity contribution in [3.8, 4) is 0 Å². The number of carboxylic acid groups (broad SMARTS) is 1. The highest BCUT2D eigenvalue weighted by Gasteiger charge is 2.28. The number of hydrogen-bond acceptors (Lipinski definition) is 4. The number of fused-ring (bicyclic) bond motifs is 1. The Labute approximate surface area is 122 Å². The molecule has 3 rings (SSSR count). The molecule has 6 heteroatoms. The van der Waals surface area contributed by atoms with Crippen LogP contribution in [-0.4, -0.2) is 49.3 Å². The maximum absolute atomic E-state index is 12.4. The molecule has 1 unspecified atom stereocenters. The molecule has 2 aliphatic heterocycles. The van der Waals surface area contributed by atoms with Gasteiger partial charge in [-0.1, -0.05) is 0 Å². The van der Waals surface area contributed by atoms with Gasteiger partial charge in [-0.2, -0.15) is 0 Å². The Hall–Kier alpha value is -1.92. The van der Waals surface area contributed by atoms with Crippen molar-refractivity contribution in [3.63, 3.8) is 0 Å². The molecule has 112 valence electrons. The Bertz CT molecular complexity index is 567. The average molecular weight is 290 g/mol. The zero-order chi connectivity index (χ0) is 14.8. The lowest BCUT2D eigenvalue weighted by Crippen LogP contribution is -2.42. The number of morpholine rings is 1. The zero-order valence-electron chi connectivity index (χ0n) is 11.7. The van der Waals surface area contributed by atoms with Crippen LogP contribution in [0.2, 0.25) is 0 Å². The van der Waals surface area contributed by atoms with Gasteiger partial charge < -0.3 is 20.1 Å². The minimum absolute atomic E-state index is 0.0329. The topological polar surface area (TPSA) is 78.9 Å². The van der Waals surface area contributed by atoms with Crippen LogP contribution in [0.1, 0.15) is 22.3 Å². The largest absolute Gasteiger partial charge is 0.478 e. The summed E-state index contributed by atoms with van der Waals surface area (Å²) in [4.78, 5) is 25.1. The van der Waals surface area contributed by atoms with E-state index in [0.29, 0.717) is 32.5 Å². The number of carbonyl (C=O) groups excluding carboxylic acids is 1. The summed E-state index contributed by atoms with van der Waals surface area (Å²) in [5, 5.41) is 12.2. The third-order valence-corrected chi connectivity index (χ3v) is 3.93. The molecule has 0 aromatic heterocycles. The SMILES string of the molecule is O=C(O)c1ccc2c(c1)CCN2C(=O)CC1CNCCO1. The number of aromatic carboxylic acids is 1. The summed E-state index contributed by atoms with van der Waals surface area (Å²) in [5.41, 5.74) is 2.02. The second-order valence-corrected chi connectivity index (χ2v) is 5.35. The van der Waals surface area contributed by atoms with Gasteiger partial charge >= 0.3 is 5.97 Å². The van der Waals surface area contributed by atoms with Crippen LogP contribution in [0.5, 0.6) is 0 Å². The normalized spacial score (nSPS) is 21.1. The monoisotopic (exact) mass is 290 g/mol. The van der Waals surface area contributed by atoms with Crippen molar-refractivity contribution in [1.82, 2.24) is 5.32 Å². The van der Waals surface area contributed by atoms with Gasteiger partial charge in [0, 0.05) is 25.3 Å². The first kappa shape index (κ1) is 14.0. The van der Waals surface area contributed by atoms with Crippen LogP contribution in [0.15, 0.2) is 18.2 Å². The second-order valence-electron chi connectivity index (χ2n) is 5.35. The molecule has 1 aromatic carbocycles. The van der Waals surface area contributed by atoms with Crippen molar-refractivity contribution in [1.29, 1.82) is 0 Å². The van der Waals surface area contributed by atoms with Crippen LogP contribution in [0.25, 0.3) is 0 Å². The molecule has 0 bridgehead atoms. The Morgan fingerprint density at radius 1 is 1.43 bits per heavy atom. The fourth-order valence-corrected chi connectivity index (χ4v) is 2.85. The third kappa shape index (κ3) is 2.91. The number of amides is 1. The van der Waals surface area contributed by atoms with E-state index < -0.39 is 5.97 Å². The summed E-state index contributed by atoms with van der Waals surface area (Å²) in [6.07, 6.45) is 0.979. The fraction of sp³-hybridized carbons (Fsp3) is 0.467. The molecule has 1 amide bonds. The predicted molar refractivity (Wildman–Crippen MR) is 76.7 cm³/mol. The van der Waals surface area contributed by atoms with Gasteiger partial charge in [-0.3, -0.25) is 4.79 Å². The molecule has 0 radical (unpaired) electrons. The van der Waals surface area contributed by atoms with Crippen LogP contribution < -0.4 is 10.2 Å². The van der Waals surface area contributed by atoms with Crippen molar-refractivity contribution in [2.24, 2.45) is 0 Å². The second kappa shape index (κ2) is 5.83. The lowest BCUT2D eigenvalue weighted by molar-refractivity contribution is -0.121. The molecule has 1 fully saturated rings. The molecule has 1 saturated heterocycles. The van der Waals surface area contributed by atoms with E-state index in [1.54, 1.807) is 23.1 Å². The van der Waals surface area contributed by atoms with Crippen molar-refractivity contribution < 1.29 is 19.4 Å². The van der Waals surface area contributed by atoms with Crippen LogP contribution in [0.4, 0.5) is 5.69 Å². The Morgan fingerprint density at radius 2 is 2.29 bits per heavy atom. The molecule has 2 heterocycles. The lowest BCUT2D eigenvalue weighted by atomic mass is 10.1. The maximum atomic E-state index is 12.4. The number of carbonyl (C=O) groups is 2. The smallest absolute Gasteiger partial charge is 0.335 e. The van der Waals surface area contributed by atoms with Gasteiger partial charge in [0.25, 0.3) is 0 Å². The molecule has 0 saturated carbocycles. The first-order valence-corrected chi connectivity index (χ1v) is 7.14. The summed E-state index contributed by atoms with van der Waals surface area (Å²) < 4.78 is 5.56. The minimum Gasteiger partial charge on any atom is -0.478 e. The van der Waals surface area contributed by atoms with Gasteiger partial charge in [0.15, 0.2) is 0 Å². The van der Waals surface area contributed by atoms with E-state index in [-0.39, 0.29) is 17.6 Å². The van der Waals surface area contributed by atoms with E-state index in [1.807, 2.05) is 0 Å². The Balaban J connectivity index is 1.71. The Morgan fingerprint density at radius 3 is 3.00 bits per heavy atom. The highest BCUT2D eigenvalue weighted by atomic mass is 16.5. The summed E-state index contributed by atoms with van der Waals surface area (Å²) in [7, 11) is 0. The summed E-state index contributed by atoms with van der Waals surface area (Å²) in [6.45, 7) is 2.77. The number of hydrogen-bond donors (Lipinski definition) is 2. The first-order chi connectivity index (χ1) is 10.1. The Kier molecular flexibility index (Phi) is 3.90. The first-order valence-electron chi connectivity index (χ1n) is 7.14. The van der Waals surface area contributed by atoms with Crippen LogP contribution in [0, 0.1) is 0 Å². The van der Waals surface area contributed by atoms with E-state index in [0.717, 1.165) is 17.8 Å². The third-order valence-electron chi connectivity index (χ3n) is 3.93. The lowest BCUT2D eigenvalue weighted by Gasteiger charge is -2.25. The van der Waals surface area contributed by atoms with Crippen molar-refractivity contribution in [2.75, 3.05) is 31.1 Å².